The molecule has 0 bridgehead atoms. The Balaban J connectivity index is 2.96. The van der Waals surface area contributed by atoms with Crippen molar-refractivity contribution in [2.24, 2.45) is 11.8 Å². The zero-order valence-electron chi connectivity index (χ0n) is 23.9. The number of hydrogen-bond acceptors (Lipinski definition) is 7. The Kier molecular flexibility index (Phi) is 13.0. The predicted molar refractivity (Wildman–Crippen MR) is 138 cm³/mol. The Morgan fingerprint density at radius 3 is 2.44 bits per heavy atom. The fourth-order valence-corrected chi connectivity index (χ4v) is 4.44. The summed E-state index contributed by atoms with van der Waals surface area (Å²) >= 11 is 0. The van der Waals surface area contributed by atoms with Crippen LogP contribution in [0.25, 0.3) is 0 Å². The summed E-state index contributed by atoms with van der Waals surface area (Å²) in [5.74, 6) is -0.0331. The van der Waals surface area contributed by atoms with Crippen LogP contribution in [0.5, 0.6) is 0 Å². The average Bonchev–Trinajstić information content (AvgIpc) is 2.81. The Hall–Kier alpha value is -1.41. The maximum atomic E-state index is 13.3. The fourth-order valence-electron chi connectivity index (χ4n) is 4.44. The molecule has 7 heteroatoms. The third-order valence-corrected chi connectivity index (χ3v) is 6.75. The van der Waals surface area contributed by atoms with E-state index in [1.54, 1.807) is 13.0 Å². The normalized spacial score (nSPS) is 28.7. The molecule has 0 amide bonds. The molecule has 2 unspecified atom stereocenters. The molecule has 3 N–H and O–H groups in total. The molecule has 0 aromatic heterocycles. The molecule has 1 saturated heterocycles. The van der Waals surface area contributed by atoms with Gasteiger partial charge in [0.2, 0.25) is 0 Å². The predicted octanol–water partition coefficient (Wildman–Crippen LogP) is 2.90. The summed E-state index contributed by atoms with van der Waals surface area (Å²) in [6.45, 7) is 7.99. The number of hydrogen-bond donors (Lipinski definition) is 3. The number of aliphatic hydroxyl groups excluding tert-OH is 1. The van der Waals surface area contributed by atoms with Crippen molar-refractivity contribution in [3.63, 3.8) is 0 Å². The maximum Gasteiger partial charge on any atom is 0.163 e. The van der Waals surface area contributed by atoms with Gasteiger partial charge in [0.15, 0.2) is 11.6 Å². The largest absolute Gasteiger partial charge is 0.391 e. The Labute approximate surface area is 209 Å². The molecule has 34 heavy (non-hydrogen) atoms. The smallest absolute Gasteiger partial charge is 0.163 e. The van der Waals surface area contributed by atoms with Gasteiger partial charge in [-0.1, -0.05) is 39.8 Å². The maximum absolute atomic E-state index is 13.3. The van der Waals surface area contributed by atoms with Crippen LogP contribution in [0.15, 0.2) is 12.2 Å². The molecular weight excluding hydrogens is 430 g/mol. The molecule has 196 valence electrons. The lowest BCUT2D eigenvalue weighted by Crippen LogP contribution is -2.50. The van der Waals surface area contributed by atoms with Crippen molar-refractivity contribution in [1.82, 2.24) is 15.5 Å². The number of rotatable bonds is 6. The highest BCUT2D eigenvalue weighted by atomic mass is 16.3. The number of allylic oxidation sites excluding steroid dienone is 2. The van der Waals surface area contributed by atoms with E-state index in [-0.39, 0.29) is 47.8 Å². The van der Waals surface area contributed by atoms with Crippen molar-refractivity contribution in [1.29, 1.82) is 0 Å². The minimum Gasteiger partial charge on any atom is -0.391 e. The zero-order chi connectivity index (χ0) is 27.3. The highest BCUT2D eigenvalue weighted by molar-refractivity contribution is 5.88. The van der Waals surface area contributed by atoms with Crippen LogP contribution in [0.1, 0.15) is 82.3 Å². The number of likely N-dealkylation sites (N-methyl/N-ethyl adjacent to an activating group) is 1. The van der Waals surface area contributed by atoms with Crippen LogP contribution >= 0.6 is 0 Å². The van der Waals surface area contributed by atoms with Gasteiger partial charge in [0.1, 0.15) is 5.78 Å². The highest BCUT2D eigenvalue weighted by Gasteiger charge is 2.33. The SMILES string of the molecule is [2H]C([2H])C/C=C/C[C@@H](C)C(O)[C@H]1C(=O)CCCN[C@@H](C(C)C)C(=O)CNC(C)C(=O)CCCCN1C. The number of nitrogens with one attached hydrogen (secondary N) is 2. The Morgan fingerprint density at radius 2 is 1.76 bits per heavy atom. The van der Waals surface area contributed by atoms with E-state index < -0.39 is 19.0 Å². The van der Waals surface area contributed by atoms with Crippen LogP contribution in [0.3, 0.4) is 0 Å². The lowest BCUT2D eigenvalue weighted by molar-refractivity contribution is -0.129. The van der Waals surface area contributed by atoms with E-state index in [4.69, 9.17) is 2.74 Å². The Bertz CT molecular complexity index is 717. The first-order valence-electron chi connectivity index (χ1n) is 14.0. The van der Waals surface area contributed by atoms with Crippen LogP contribution in [0, 0.1) is 11.8 Å². The van der Waals surface area contributed by atoms with Gasteiger partial charge in [-0.25, -0.2) is 0 Å². The van der Waals surface area contributed by atoms with Crippen LogP contribution < -0.4 is 10.6 Å². The summed E-state index contributed by atoms with van der Waals surface area (Å²) in [7, 11) is 1.85. The lowest BCUT2D eigenvalue weighted by Gasteiger charge is -2.34. The second-order valence-electron chi connectivity index (χ2n) is 10.1. The van der Waals surface area contributed by atoms with E-state index in [0.29, 0.717) is 51.6 Å². The summed E-state index contributed by atoms with van der Waals surface area (Å²) < 4.78 is 14.6. The van der Waals surface area contributed by atoms with Crippen molar-refractivity contribution in [3.05, 3.63) is 12.2 Å². The fraction of sp³-hybridized carbons (Fsp3) is 0.815. The van der Waals surface area contributed by atoms with Crippen LogP contribution in [0.4, 0.5) is 0 Å². The molecule has 1 aliphatic rings. The molecule has 0 aromatic carbocycles. The van der Waals surface area contributed by atoms with Gasteiger partial charge >= 0.3 is 0 Å². The van der Waals surface area contributed by atoms with Crippen LogP contribution in [-0.4, -0.2) is 78.3 Å². The number of carbonyl (C=O) groups is 3. The van der Waals surface area contributed by atoms with Crippen molar-refractivity contribution in [2.45, 2.75) is 104 Å². The molecule has 1 fully saturated rings. The van der Waals surface area contributed by atoms with Crippen molar-refractivity contribution in [2.75, 3.05) is 26.7 Å². The molecule has 0 aliphatic carbocycles. The highest BCUT2D eigenvalue weighted by Crippen LogP contribution is 2.19. The minimum atomic E-state index is -0.906. The third kappa shape index (κ3) is 10.5. The summed E-state index contributed by atoms with van der Waals surface area (Å²) in [6.07, 6.45) is 6.37. The topological polar surface area (TPSA) is 98.7 Å². The van der Waals surface area contributed by atoms with Crippen molar-refractivity contribution >= 4 is 17.3 Å². The number of ketones is 3. The lowest BCUT2D eigenvalue weighted by atomic mass is 9.89. The van der Waals surface area contributed by atoms with E-state index in [1.807, 2.05) is 38.8 Å². The molecule has 0 radical (unpaired) electrons. The first-order valence-corrected chi connectivity index (χ1v) is 12.9. The molecule has 1 heterocycles. The second-order valence-corrected chi connectivity index (χ2v) is 10.1. The molecule has 1 rings (SSSR count). The van der Waals surface area contributed by atoms with Crippen molar-refractivity contribution < 1.29 is 22.2 Å². The summed E-state index contributed by atoms with van der Waals surface area (Å²) in [6, 6.07) is -1.39. The molecule has 0 spiro atoms. The first-order chi connectivity index (χ1) is 17.0. The second kappa shape index (κ2) is 16.3. The molecule has 5 atom stereocenters. The van der Waals surface area contributed by atoms with Gasteiger partial charge in [-0.3, -0.25) is 19.3 Å². The monoisotopic (exact) mass is 481 g/mol. The molecule has 1 aliphatic heterocycles. The third-order valence-electron chi connectivity index (χ3n) is 6.75. The van der Waals surface area contributed by atoms with Gasteiger partial charge in [0, 0.05) is 15.6 Å². The minimum absolute atomic E-state index is 0.0114. The molecule has 7 nitrogen and oxygen atoms in total. The van der Waals surface area contributed by atoms with Gasteiger partial charge in [-0.2, -0.15) is 0 Å². The van der Waals surface area contributed by atoms with Crippen molar-refractivity contribution in [3.8, 4) is 0 Å². The van der Waals surface area contributed by atoms with Gasteiger partial charge in [-0.15, -0.1) is 0 Å². The van der Waals surface area contributed by atoms with E-state index in [9.17, 15) is 19.5 Å². The molecular formula is C27H49N3O4. The van der Waals surface area contributed by atoms with Crippen LogP contribution in [0.2, 0.25) is 0 Å². The molecule has 0 aromatic rings. The van der Waals surface area contributed by atoms with Gasteiger partial charge in [-0.05, 0) is 71.0 Å². The van der Waals surface area contributed by atoms with E-state index in [2.05, 4.69) is 10.6 Å². The van der Waals surface area contributed by atoms with E-state index in [0.717, 1.165) is 6.42 Å². The van der Waals surface area contributed by atoms with Crippen LogP contribution in [-0.2, 0) is 14.4 Å². The summed E-state index contributed by atoms with van der Waals surface area (Å²) in [5.41, 5.74) is 0. The van der Waals surface area contributed by atoms with Gasteiger partial charge in [0.25, 0.3) is 0 Å². The number of carbonyl (C=O) groups excluding carboxylic acids is 3. The quantitative estimate of drug-likeness (QED) is 0.502. The number of nitrogens with zero attached hydrogens (tertiary/aromatic N) is 1. The Morgan fingerprint density at radius 1 is 1.06 bits per heavy atom. The summed E-state index contributed by atoms with van der Waals surface area (Å²) in [4.78, 5) is 40.5. The summed E-state index contributed by atoms with van der Waals surface area (Å²) in [5, 5.41) is 17.5. The van der Waals surface area contributed by atoms with Gasteiger partial charge in [0.05, 0.1) is 30.8 Å². The van der Waals surface area contributed by atoms with E-state index in [1.165, 1.54) is 0 Å². The standard InChI is InChI=1S/C27H49N3O4/c1-7-8-9-13-20(4)27(34)26-23(32)15-12-16-28-25(19(2)3)24(33)18-29-21(5)22(31)14-10-11-17-30(26)6/h8-9,19-21,25-29,34H,7,10-18H2,1-6H3/b9-8+/t20-,21?,25+,26-,27?/m1/s1/i1D2. The average molecular weight is 482 g/mol. The zero-order valence-corrected chi connectivity index (χ0v) is 21.9. The van der Waals surface area contributed by atoms with E-state index >= 15 is 0 Å². The number of Topliss-reactive ketones (excluding diaryl/α,β-unsaturated/α-hetero) is 3. The number of aliphatic hydroxyl groups is 1. The first kappa shape index (κ1) is 27.2. The van der Waals surface area contributed by atoms with Gasteiger partial charge < -0.3 is 15.7 Å². The molecule has 0 saturated carbocycles.